The van der Waals surface area contributed by atoms with Crippen molar-refractivity contribution in [2.24, 2.45) is 0 Å². The minimum absolute atomic E-state index is 0.153. The summed E-state index contributed by atoms with van der Waals surface area (Å²) in [6.45, 7) is 1.55. The lowest BCUT2D eigenvalue weighted by atomic mass is 10.2. The number of hydrogen-bond donors (Lipinski definition) is 0. The Hall–Kier alpha value is -2.23. The lowest BCUT2D eigenvalue weighted by molar-refractivity contribution is 0.0729. The highest BCUT2D eigenvalue weighted by molar-refractivity contribution is 5.91. The van der Waals surface area contributed by atoms with Gasteiger partial charge in [-0.05, 0) is 42.8 Å². The van der Waals surface area contributed by atoms with E-state index in [0.717, 1.165) is 0 Å². The Morgan fingerprint density at radius 1 is 1.06 bits per heavy atom. The SMILES string of the molecule is Cc1cc(OC(=O)c2ccccc2F)ccc1F. The van der Waals surface area contributed by atoms with Gasteiger partial charge in [-0.2, -0.15) is 0 Å². The third kappa shape index (κ3) is 2.53. The first kappa shape index (κ1) is 12.2. The van der Waals surface area contributed by atoms with Gasteiger partial charge in [-0.25, -0.2) is 13.6 Å². The molecular weight excluding hydrogens is 238 g/mol. The van der Waals surface area contributed by atoms with Crippen LogP contribution in [0, 0.1) is 18.6 Å². The van der Waals surface area contributed by atoms with Crippen LogP contribution in [0.25, 0.3) is 0 Å². The van der Waals surface area contributed by atoms with Gasteiger partial charge in [-0.1, -0.05) is 12.1 Å². The zero-order valence-electron chi connectivity index (χ0n) is 9.61. The predicted octanol–water partition coefficient (Wildman–Crippen LogP) is 3.49. The molecule has 0 aromatic heterocycles. The molecule has 2 aromatic carbocycles. The molecule has 0 aliphatic heterocycles. The molecular formula is C14H10F2O2. The lowest BCUT2D eigenvalue weighted by Gasteiger charge is -2.06. The molecule has 0 saturated carbocycles. The number of rotatable bonds is 2. The van der Waals surface area contributed by atoms with E-state index in [-0.39, 0.29) is 17.1 Å². The van der Waals surface area contributed by atoms with Crippen molar-refractivity contribution in [3.05, 3.63) is 65.2 Å². The van der Waals surface area contributed by atoms with E-state index in [1.54, 1.807) is 6.92 Å². The molecule has 4 heteroatoms. The fourth-order valence-corrected chi connectivity index (χ4v) is 1.47. The van der Waals surface area contributed by atoms with Crippen LogP contribution < -0.4 is 4.74 Å². The van der Waals surface area contributed by atoms with E-state index in [0.29, 0.717) is 5.56 Å². The molecule has 0 N–H and O–H groups in total. The van der Waals surface area contributed by atoms with Crippen LogP contribution in [-0.2, 0) is 0 Å². The second kappa shape index (κ2) is 4.96. The van der Waals surface area contributed by atoms with Crippen LogP contribution in [0.1, 0.15) is 15.9 Å². The number of carbonyl (C=O) groups excluding carboxylic acids is 1. The van der Waals surface area contributed by atoms with E-state index in [9.17, 15) is 13.6 Å². The molecule has 2 rings (SSSR count). The molecule has 0 spiro atoms. The van der Waals surface area contributed by atoms with Crippen LogP contribution in [-0.4, -0.2) is 5.97 Å². The van der Waals surface area contributed by atoms with Gasteiger partial charge in [-0.15, -0.1) is 0 Å². The first-order valence-electron chi connectivity index (χ1n) is 5.31. The molecule has 0 fully saturated rings. The van der Waals surface area contributed by atoms with E-state index in [2.05, 4.69) is 0 Å². The van der Waals surface area contributed by atoms with Crippen molar-refractivity contribution in [1.82, 2.24) is 0 Å². The normalized spacial score (nSPS) is 10.2. The Balaban J connectivity index is 2.22. The molecule has 0 amide bonds. The average Bonchev–Trinajstić information content (AvgIpc) is 2.34. The Kier molecular flexibility index (Phi) is 3.37. The van der Waals surface area contributed by atoms with Crippen LogP contribution in [0.3, 0.4) is 0 Å². The Morgan fingerprint density at radius 3 is 2.44 bits per heavy atom. The smallest absolute Gasteiger partial charge is 0.346 e. The van der Waals surface area contributed by atoms with Crippen molar-refractivity contribution in [2.75, 3.05) is 0 Å². The van der Waals surface area contributed by atoms with Crippen molar-refractivity contribution < 1.29 is 18.3 Å². The Morgan fingerprint density at radius 2 is 1.78 bits per heavy atom. The maximum atomic E-state index is 13.3. The largest absolute Gasteiger partial charge is 0.423 e. The third-order valence-electron chi connectivity index (χ3n) is 2.43. The molecule has 0 heterocycles. The molecule has 0 saturated heterocycles. The second-order valence-corrected chi connectivity index (χ2v) is 3.78. The summed E-state index contributed by atoms with van der Waals surface area (Å²) in [4.78, 5) is 11.7. The topological polar surface area (TPSA) is 26.3 Å². The van der Waals surface area contributed by atoms with Crippen LogP contribution in [0.4, 0.5) is 8.78 Å². The minimum Gasteiger partial charge on any atom is -0.423 e. The summed E-state index contributed by atoms with van der Waals surface area (Å²) in [6.07, 6.45) is 0. The van der Waals surface area contributed by atoms with Gasteiger partial charge in [0.15, 0.2) is 0 Å². The van der Waals surface area contributed by atoms with Gasteiger partial charge in [0.05, 0.1) is 5.56 Å². The average molecular weight is 248 g/mol. The summed E-state index contributed by atoms with van der Waals surface area (Å²) in [6, 6.07) is 9.42. The zero-order chi connectivity index (χ0) is 13.1. The number of benzene rings is 2. The monoisotopic (exact) mass is 248 g/mol. The molecule has 0 unspecified atom stereocenters. The van der Waals surface area contributed by atoms with Crippen molar-refractivity contribution in [3.8, 4) is 5.75 Å². The highest BCUT2D eigenvalue weighted by atomic mass is 19.1. The number of halogens is 2. The molecule has 2 aromatic rings. The van der Waals surface area contributed by atoms with Crippen molar-refractivity contribution in [3.63, 3.8) is 0 Å². The number of hydrogen-bond acceptors (Lipinski definition) is 2. The van der Waals surface area contributed by atoms with Gasteiger partial charge in [0.1, 0.15) is 17.4 Å². The number of ether oxygens (including phenoxy) is 1. The van der Waals surface area contributed by atoms with E-state index in [1.807, 2.05) is 0 Å². The predicted molar refractivity (Wildman–Crippen MR) is 62.5 cm³/mol. The van der Waals surface area contributed by atoms with Crippen molar-refractivity contribution in [1.29, 1.82) is 0 Å². The second-order valence-electron chi connectivity index (χ2n) is 3.78. The molecule has 2 nitrogen and oxygen atoms in total. The van der Waals surface area contributed by atoms with E-state index in [1.165, 1.54) is 42.5 Å². The molecule has 92 valence electrons. The minimum atomic E-state index is -0.806. The standard InChI is InChI=1S/C14H10F2O2/c1-9-8-10(6-7-12(9)15)18-14(17)11-4-2-3-5-13(11)16/h2-8H,1H3. The first-order valence-corrected chi connectivity index (χ1v) is 5.31. The fraction of sp³-hybridized carbons (Fsp3) is 0.0714. The van der Waals surface area contributed by atoms with E-state index >= 15 is 0 Å². The molecule has 0 aliphatic carbocycles. The summed E-state index contributed by atoms with van der Waals surface area (Å²) in [7, 11) is 0. The molecule has 18 heavy (non-hydrogen) atoms. The Bertz CT molecular complexity index is 594. The molecule has 0 aliphatic rings. The quantitative estimate of drug-likeness (QED) is 0.600. The summed E-state index contributed by atoms with van der Waals surface area (Å²) in [5.41, 5.74) is 0.202. The Labute approximate surface area is 103 Å². The fourth-order valence-electron chi connectivity index (χ4n) is 1.47. The molecule has 0 atom stereocenters. The summed E-state index contributed by atoms with van der Waals surface area (Å²) in [5, 5.41) is 0. The highest BCUT2D eigenvalue weighted by Gasteiger charge is 2.13. The molecule has 0 radical (unpaired) electrons. The van der Waals surface area contributed by atoms with E-state index in [4.69, 9.17) is 4.74 Å². The maximum absolute atomic E-state index is 13.3. The van der Waals surface area contributed by atoms with Crippen molar-refractivity contribution in [2.45, 2.75) is 6.92 Å². The van der Waals surface area contributed by atoms with Gasteiger partial charge in [0.2, 0.25) is 0 Å². The first-order chi connectivity index (χ1) is 8.58. The number of esters is 1. The van der Waals surface area contributed by atoms with Crippen LogP contribution in [0.15, 0.2) is 42.5 Å². The summed E-state index contributed by atoms with van der Waals surface area (Å²) in [5.74, 6) is -1.66. The number of carbonyl (C=O) groups is 1. The maximum Gasteiger partial charge on any atom is 0.346 e. The summed E-state index contributed by atoms with van der Waals surface area (Å²) >= 11 is 0. The number of aryl methyl sites for hydroxylation is 1. The van der Waals surface area contributed by atoms with Crippen LogP contribution in [0.2, 0.25) is 0 Å². The van der Waals surface area contributed by atoms with Gasteiger partial charge < -0.3 is 4.74 Å². The van der Waals surface area contributed by atoms with Crippen LogP contribution in [0.5, 0.6) is 5.75 Å². The third-order valence-corrected chi connectivity index (χ3v) is 2.43. The van der Waals surface area contributed by atoms with Gasteiger partial charge >= 0.3 is 5.97 Å². The van der Waals surface area contributed by atoms with Gasteiger partial charge in [0, 0.05) is 0 Å². The zero-order valence-corrected chi connectivity index (χ0v) is 9.61. The van der Waals surface area contributed by atoms with Gasteiger partial charge in [0.25, 0.3) is 0 Å². The highest BCUT2D eigenvalue weighted by Crippen LogP contribution is 2.18. The van der Waals surface area contributed by atoms with Crippen LogP contribution >= 0.6 is 0 Å². The molecule has 0 bridgehead atoms. The van der Waals surface area contributed by atoms with Crippen molar-refractivity contribution >= 4 is 5.97 Å². The van der Waals surface area contributed by atoms with E-state index < -0.39 is 11.8 Å². The summed E-state index contributed by atoms with van der Waals surface area (Å²) < 4.78 is 31.3. The lowest BCUT2D eigenvalue weighted by Crippen LogP contribution is -2.10. The van der Waals surface area contributed by atoms with Gasteiger partial charge in [-0.3, -0.25) is 0 Å².